The summed E-state index contributed by atoms with van der Waals surface area (Å²) in [6.07, 6.45) is 66.1. The van der Waals surface area contributed by atoms with Crippen LogP contribution >= 0.6 is 0 Å². The van der Waals surface area contributed by atoms with Crippen LogP contribution in [0.1, 0.15) is 431 Å². The van der Waals surface area contributed by atoms with E-state index in [0.29, 0.717) is 11.8 Å². The molecule has 0 aliphatic heterocycles. The van der Waals surface area contributed by atoms with E-state index >= 15 is 0 Å². The fourth-order valence-corrected chi connectivity index (χ4v) is 13.9. The lowest BCUT2D eigenvalue weighted by Gasteiger charge is -2.08. The second-order valence-electron chi connectivity index (χ2n) is 38.9. The van der Waals surface area contributed by atoms with E-state index in [1.54, 1.807) is 0 Å². The van der Waals surface area contributed by atoms with Gasteiger partial charge in [-0.25, -0.2) is 28.1 Å². The minimum Gasteiger partial charge on any atom is -0.249 e. The highest BCUT2D eigenvalue weighted by Crippen LogP contribution is 2.20. The smallest absolute Gasteiger partial charge is 0.0725 e. The van der Waals surface area contributed by atoms with Crippen molar-refractivity contribution < 1.29 is 0 Å². The predicted molar refractivity (Wildman–Crippen MR) is 487 cm³/mol. The van der Waals surface area contributed by atoms with Crippen molar-refractivity contribution in [1.82, 2.24) is 90.0 Å². The van der Waals surface area contributed by atoms with Gasteiger partial charge in [-0.2, -0.15) is 0 Å². The zero-order chi connectivity index (χ0) is 84.5. The molecule has 0 radical (unpaired) electrons. The van der Waals surface area contributed by atoms with Crippen LogP contribution in [0.4, 0.5) is 0 Å². The van der Waals surface area contributed by atoms with Crippen LogP contribution in [0, 0.1) is 71.0 Å². The van der Waals surface area contributed by atoms with Crippen LogP contribution in [0.5, 0.6) is 0 Å². The van der Waals surface area contributed by atoms with Crippen LogP contribution in [0.15, 0.2) is 37.2 Å². The molecule has 18 heteroatoms. The SMILES string of the molecule is CC(C)CCCCCCCc1cnnn1CCC(C)C.CC(C)CCCCCCCc1cnnn1CCC(C)C.CC(C)CCCCCCc1cnnn1CCCC(C)C.CC(C)CCCCCCc1cnnn1CCCC(C)C.CC(C)CCCCCc1cnnn1CC(C)C.CC(C)CCCCCc1cnnn1CC(C)C. The van der Waals surface area contributed by atoms with Gasteiger partial charge in [0, 0.05) is 39.3 Å². The van der Waals surface area contributed by atoms with Crippen molar-refractivity contribution in [2.24, 2.45) is 71.0 Å². The Morgan fingerprint density at radius 2 is 0.325 bits per heavy atom. The Bertz CT molecular complexity index is 2800. The van der Waals surface area contributed by atoms with Gasteiger partial charge >= 0.3 is 0 Å². The van der Waals surface area contributed by atoms with E-state index in [4.69, 9.17) is 0 Å². The highest BCUT2D eigenvalue weighted by atomic mass is 15.5. The molecule has 0 fully saturated rings. The van der Waals surface area contributed by atoms with Gasteiger partial charge in [-0.3, -0.25) is 0 Å². The Morgan fingerprint density at radius 1 is 0.167 bits per heavy atom. The minimum atomic E-state index is 0.636. The first-order valence-electron chi connectivity index (χ1n) is 47.8. The van der Waals surface area contributed by atoms with E-state index in [2.05, 4.69) is 256 Å². The molecule has 0 aliphatic carbocycles. The van der Waals surface area contributed by atoms with Gasteiger partial charge in [-0.05, 0) is 187 Å². The number of nitrogens with zero attached hydrogens (tertiary/aromatic N) is 18. The second-order valence-corrected chi connectivity index (χ2v) is 38.9. The minimum absolute atomic E-state index is 0.636. The van der Waals surface area contributed by atoms with Crippen LogP contribution in [-0.2, 0) is 77.8 Å². The van der Waals surface area contributed by atoms with Crippen LogP contribution in [0.25, 0.3) is 0 Å². The Kier molecular flexibility index (Phi) is 65.4. The van der Waals surface area contributed by atoms with Gasteiger partial charge in [0.05, 0.1) is 71.3 Å². The van der Waals surface area contributed by atoms with Crippen molar-refractivity contribution in [3.05, 3.63) is 71.3 Å². The average Bonchev–Trinajstić information content (AvgIpc) is 1.80. The first-order valence-corrected chi connectivity index (χ1v) is 47.8. The monoisotopic (exact) mass is 1590 g/mol. The summed E-state index contributed by atoms with van der Waals surface area (Å²) in [6.45, 7) is 60.7. The summed E-state index contributed by atoms with van der Waals surface area (Å²) in [4.78, 5) is 0. The van der Waals surface area contributed by atoms with Crippen molar-refractivity contribution in [2.75, 3.05) is 0 Å². The molecule has 0 N–H and O–H groups in total. The summed E-state index contributed by atoms with van der Waals surface area (Å²) in [7, 11) is 0. The lowest BCUT2D eigenvalue weighted by molar-refractivity contribution is 0.453. The van der Waals surface area contributed by atoms with Crippen molar-refractivity contribution in [3.63, 3.8) is 0 Å². The summed E-state index contributed by atoms with van der Waals surface area (Å²) in [6, 6.07) is 0. The van der Waals surface area contributed by atoms with E-state index in [1.165, 1.54) is 265 Å². The van der Waals surface area contributed by atoms with Crippen LogP contribution in [0.3, 0.4) is 0 Å². The molecule has 0 aliphatic rings. The third-order valence-electron chi connectivity index (χ3n) is 21.2. The van der Waals surface area contributed by atoms with Gasteiger partial charge < -0.3 is 0 Å². The summed E-state index contributed by atoms with van der Waals surface area (Å²) < 4.78 is 12.5. The molecule has 0 saturated carbocycles. The van der Waals surface area contributed by atoms with Gasteiger partial charge in [0.25, 0.3) is 0 Å². The third-order valence-corrected chi connectivity index (χ3v) is 21.2. The normalized spacial score (nSPS) is 11.7. The first-order chi connectivity index (χ1) is 54.6. The molecule has 660 valence electrons. The van der Waals surface area contributed by atoms with E-state index < -0.39 is 0 Å². The fraction of sp³-hybridized carbons (Fsp3) is 0.875. The molecule has 0 unspecified atom stereocenters. The van der Waals surface area contributed by atoms with Crippen molar-refractivity contribution >= 4 is 0 Å². The maximum Gasteiger partial charge on any atom is 0.0725 e. The standard InChI is InChI=1S/4C17H33N3.2C14H27N3/c2*1-15(2)10-7-5-6-8-12-17-14-18-19-20(17)13-9-11-16(3)4;2*1-15(2)10-8-6-5-7-9-11-17-14-18-19-20(17)13-12-16(3)4;2*1-12(2)8-6-5-7-9-14-10-15-16-17(14)11-13(3)4/h4*14-16H,5-13H2,1-4H3;2*10,12-13H,5-9,11H2,1-4H3. The molecule has 6 rings (SSSR count). The topological polar surface area (TPSA) is 184 Å². The molecule has 114 heavy (non-hydrogen) atoms. The summed E-state index contributed by atoms with van der Waals surface area (Å²) in [5, 5.41) is 49.4. The van der Waals surface area contributed by atoms with Gasteiger partial charge in [0.1, 0.15) is 0 Å². The number of unbranched alkanes of at least 4 members (excludes halogenated alkanes) is 18. The number of rotatable bonds is 60. The average molecular weight is 1590 g/mol. The number of aromatic nitrogens is 18. The largest absolute Gasteiger partial charge is 0.249 e. The zero-order valence-corrected chi connectivity index (χ0v) is 79.4. The zero-order valence-electron chi connectivity index (χ0n) is 79.4. The maximum absolute atomic E-state index is 4.22. The molecule has 0 amide bonds. The molecule has 0 spiro atoms. The van der Waals surface area contributed by atoms with Gasteiger partial charge in [-0.15, -0.1) is 30.6 Å². The quantitative estimate of drug-likeness (QED) is 0.0330. The molecule has 6 aromatic rings. The van der Waals surface area contributed by atoms with Crippen LogP contribution < -0.4 is 0 Å². The van der Waals surface area contributed by atoms with Crippen molar-refractivity contribution in [2.45, 2.75) is 475 Å². The summed E-state index contributed by atoms with van der Waals surface area (Å²) in [5.41, 5.74) is 7.85. The maximum atomic E-state index is 4.22. The summed E-state index contributed by atoms with van der Waals surface area (Å²) in [5.74, 6) is 9.38. The third kappa shape index (κ3) is 62.1. The molecular formula is C96H186N18. The second kappa shape index (κ2) is 69.8. The van der Waals surface area contributed by atoms with Gasteiger partial charge in [-0.1, -0.05) is 352 Å². The molecule has 6 heterocycles. The number of hydrogen-bond acceptors (Lipinski definition) is 12. The molecule has 18 nitrogen and oxygen atoms in total. The lowest BCUT2D eigenvalue weighted by Crippen LogP contribution is -2.09. The first kappa shape index (κ1) is 107. The predicted octanol–water partition coefficient (Wildman–Crippen LogP) is 26.8. The fourth-order valence-electron chi connectivity index (χ4n) is 13.9. The molecule has 0 aromatic carbocycles. The summed E-state index contributed by atoms with van der Waals surface area (Å²) >= 11 is 0. The molecule has 0 atom stereocenters. The lowest BCUT2D eigenvalue weighted by atomic mass is 10.0. The Labute approximate surface area is 703 Å². The van der Waals surface area contributed by atoms with E-state index in [9.17, 15) is 0 Å². The van der Waals surface area contributed by atoms with Crippen LogP contribution in [-0.4, -0.2) is 90.0 Å². The van der Waals surface area contributed by atoms with E-state index in [0.717, 1.165) is 137 Å². The van der Waals surface area contributed by atoms with E-state index in [-0.39, 0.29) is 0 Å². The van der Waals surface area contributed by atoms with Crippen molar-refractivity contribution in [1.29, 1.82) is 0 Å². The highest BCUT2D eigenvalue weighted by molar-refractivity contribution is 4.98. The molecular weight excluding hydrogens is 1410 g/mol. The van der Waals surface area contributed by atoms with Crippen molar-refractivity contribution in [3.8, 4) is 0 Å². The number of hydrogen-bond donors (Lipinski definition) is 0. The molecule has 0 bridgehead atoms. The Hall–Kier alpha value is -5.16. The Morgan fingerprint density at radius 3 is 0.526 bits per heavy atom. The number of aryl methyl sites for hydroxylation is 10. The van der Waals surface area contributed by atoms with Gasteiger partial charge in [0.15, 0.2) is 0 Å². The van der Waals surface area contributed by atoms with Gasteiger partial charge in [0.2, 0.25) is 0 Å². The molecule has 0 saturated heterocycles. The molecule has 6 aromatic heterocycles. The Balaban J connectivity index is 0.000000685. The highest BCUT2D eigenvalue weighted by Gasteiger charge is 2.12. The van der Waals surface area contributed by atoms with E-state index in [1.807, 2.05) is 37.2 Å². The van der Waals surface area contributed by atoms with Crippen LogP contribution in [0.2, 0.25) is 0 Å².